The summed E-state index contributed by atoms with van der Waals surface area (Å²) < 4.78 is 0. The highest BCUT2D eigenvalue weighted by Crippen LogP contribution is 2.13. The Morgan fingerprint density at radius 1 is 1.45 bits per heavy atom. The van der Waals surface area contributed by atoms with Crippen LogP contribution in [0.1, 0.15) is 20.3 Å². The highest BCUT2D eigenvalue weighted by Gasteiger charge is 2.09. The molecule has 0 heterocycles. The van der Waals surface area contributed by atoms with Crippen molar-refractivity contribution in [2.75, 3.05) is 0 Å². The standard InChI is InChI=1S/C10H15N/c1-3-9-5-4-7-10(2,11)8-6-9/h4-8H,3,11H2,1-2H3. The van der Waals surface area contributed by atoms with E-state index in [-0.39, 0.29) is 5.54 Å². The normalized spacial score (nSPS) is 29.9. The zero-order valence-corrected chi connectivity index (χ0v) is 7.17. The van der Waals surface area contributed by atoms with Crippen molar-refractivity contribution in [1.82, 2.24) is 0 Å². The Kier molecular flexibility index (Phi) is 2.30. The first-order valence-corrected chi connectivity index (χ1v) is 4.00. The van der Waals surface area contributed by atoms with E-state index >= 15 is 0 Å². The molecule has 0 aromatic carbocycles. The van der Waals surface area contributed by atoms with Crippen molar-refractivity contribution in [3.63, 3.8) is 0 Å². The lowest BCUT2D eigenvalue weighted by Crippen LogP contribution is -2.30. The lowest BCUT2D eigenvalue weighted by molar-refractivity contribution is 0.735. The van der Waals surface area contributed by atoms with Crippen LogP contribution in [0.15, 0.2) is 36.0 Å². The molecule has 0 bridgehead atoms. The zero-order chi connectivity index (χ0) is 8.32. The van der Waals surface area contributed by atoms with Gasteiger partial charge in [-0.15, -0.1) is 0 Å². The molecule has 0 amide bonds. The van der Waals surface area contributed by atoms with Gasteiger partial charge < -0.3 is 5.73 Å². The molecule has 0 aromatic heterocycles. The van der Waals surface area contributed by atoms with Crippen LogP contribution in [0.5, 0.6) is 0 Å². The Balaban J connectivity index is 2.83. The molecule has 1 atom stereocenters. The van der Waals surface area contributed by atoms with Crippen molar-refractivity contribution in [2.24, 2.45) is 5.73 Å². The van der Waals surface area contributed by atoms with Crippen LogP contribution < -0.4 is 5.73 Å². The number of rotatable bonds is 1. The van der Waals surface area contributed by atoms with Gasteiger partial charge in [0.2, 0.25) is 0 Å². The summed E-state index contributed by atoms with van der Waals surface area (Å²) in [6.45, 7) is 4.13. The molecular weight excluding hydrogens is 134 g/mol. The Bertz CT molecular complexity index is 219. The van der Waals surface area contributed by atoms with E-state index in [4.69, 9.17) is 5.73 Å². The fourth-order valence-electron chi connectivity index (χ4n) is 1.01. The predicted octanol–water partition coefficient (Wildman–Crippen LogP) is 2.17. The maximum absolute atomic E-state index is 5.89. The molecule has 0 radical (unpaired) electrons. The molecule has 60 valence electrons. The molecule has 1 rings (SSSR count). The van der Waals surface area contributed by atoms with Crippen LogP contribution in [0.2, 0.25) is 0 Å². The van der Waals surface area contributed by atoms with Gasteiger partial charge in [-0.25, -0.2) is 0 Å². The van der Waals surface area contributed by atoms with Crippen LogP contribution in [-0.2, 0) is 0 Å². The van der Waals surface area contributed by atoms with Crippen molar-refractivity contribution < 1.29 is 0 Å². The van der Waals surface area contributed by atoms with E-state index in [1.54, 1.807) is 0 Å². The van der Waals surface area contributed by atoms with E-state index in [9.17, 15) is 0 Å². The molecular formula is C10H15N. The molecule has 0 saturated heterocycles. The van der Waals surface area contributed by atoms with Gasteiger partial charge in [0.1, 0.15) is 0 Å². The largest absolute Gasteiger partial charge is 0.319 e. The third-order valence-corrected chi connectivity index (χ3v) is 1.83. The van der Waals surface area contributed by atoms with Gasteiger partial charge in [-0.1, -0.05) is 37.3 Å². The van der Waals surface area contributed by atoms with E-state index in [0.717, 1.165) is 6.42 Å². The average molecular weight is 149 g/mol. The van der Waals surface area contributed by atoms with Gasteiger partial charge in [-0.2, -0.15) is 0 Å². The Morgan fingerprint density at radius 3 is 2.82 bits per heavy atom. The van der Waals surface area contributed by atoms with Crippen LogP contribution in [-0.4, -0.2) is 5.54 Å². The Labute approximate surface area is 68.3 Å². The Hall–Kier alpha value is -0.820. The van der Waals surface area contributed by atoms with Crippen LogP contribution in [0.4, 0.5) is 0 Å². The van der Waals surface area contributed by atoms with Gasteiger partial charge in [-0.3, -0.25) is 0 Å². The van der Waals surface area contributed by atoms with Crippen molar-refractivity contribution in [2.45, 2.75) is 25.8 Å². The summed E-state index contributed by atoms with van der Waals surface area (Å²) in [5.74, 6) is 0. The number of nitrogens with two attached hydrogens (primary N) is 1. The van der Waals surface area contributed by atoms with Gasteiger partial charge in [-0.05, 0) is 18.9 Å². The SMILES string of the molecule is CCC1=CC=CC(C)(N)C=C1. The van der Waals surface area contributed by atoms with Gasteiger partial charge in [0.25, 0.3) is 0 Å². The minimum atomic E-state index is -0.270. The van der Waals surface area contributed by atoms with E-state index < -0.39 is 0 Å². The molecule has 0 aromatic rings. The molecule has 1 unspecified atom stereocenters. The highest BCUT2D eigenvalue weighted by molar-refractivity contribution is 5.33. The van der Waals surface area contributed by atoms with Gasteiger partial charge in [0.05, 0.1) is 5.54 Å². The summed E-state index contributed by atoms with van der Waals surface area (Å²) in [7, 11) is 0. The van der Waals surface area contributed by atoms with Crippen molar-refractivity contribution in [3.8, 4) is 0 Å². The van der Waals surface area contributed by atoms with E-state index in [2.05, 4.69) is 19.1 Å². The third kappa shape index (κ3) is 2.35. The lowest BCUT2D eigenvalue weighted by atomic mass is 10.0. The highest BCUT2D eigenvalue weighted by atomic mass is 14.7. The summed E-state index contributed by atoms with van der Waals surface area (Å²) in [6, 6.07) is 0. The summed E-state index contributed by atoms with van der Waals surface area (Å²) in [6.07, 6.45) is 11.3. The zero-order valence-electron chi connectivity index (χ0n) is 7.17. The van der Waals surface area contributed by atoms with Crippen LogP contribution in [0.25, 0.3) is 0 Å². The maximum atomic E-state index is 5.89. The van der Waals surface area contributed by atoms with Gasteiger partial charge in [0, 0.05) is 0 Å². The molecule has 0 saturated carbocycles. The smallest absolute Gasteiger partial charge is 0.0502 e. The predicted molar refractivity (Wildman–Crippen MR) is 49.2 cm³/mol. The third-order valence-electron chi connectivity index (χ3n) is 1.83. The van der Waals surface area contributed by atoms with E-state index in [1.807, 2.05) is 25.2 Å². The molecule has 11 heavy (non-hydrogen) atoms. The molecule has 0 fully saturated rings. The molecule has 2 N–H and O–H groups in total. The van der Waals surface area contributed by atoms with Crippen LogP contribution >= 0.6 is 0 Å². The van der Waals surface area contributed by atoms with Crippen LogP contribution in [0, 0.1) is 0 Å². The second-order valence-corrected chi connectivity index (χ2v) is 3.15. The lowest BCUT2D eigenvalue weighted by Gasteiger charge is -2.12. The molecule has 0 spiro atoms. The maximum Gasteiger partial charge on any atom is 0.0502 e. The minimum Gasteiger partial charge on any atom is -0.319 e. The second kappa shape index (κ2) is 3.05. The number of allylic oxidation sites excluding steroid dienone is 4. The first-order chi connectivity index (χ1) is 5.14. The molecule has 1 heteroatoms. The fraction of sp³-hybridized carbons (Fsp3) is 0.400. The van der Waals surface area contributed by atoms with E-state index in [0.29, 0.717) is 0 Å². The van der Waals surface area contributed by atoms with Gasteiger partial charge >= 0.3 is 0 Å². The topological polar surface area (TPSA) is 26.0 Å². The number of hydrogen-bond donors (Lipinski definition) is 1. The van der Waals surface area contributed by atoms with Crippen molar-refractivity contribution in [1.29, 1.82) is 0 Å². The first kappa shape index (κ1) is 8.28. The summed E-state index contributed by atoms with van der Waals surface area (Å²) in [5, 5.41) is 0. The molecule has 1 nitrogen and oxygen atoms in total. The van der Waals surface area contributed by atoms with Crippen LogP contribution in [0.3, 0.4) is 0 Å². The average Bonchev–Trinajstić information content (AvgIpc) is 2.10. The first-order valence-electron chi connectivity index (χ1n) is 4.00. The molecule has 1 aliphatic rings. The fourth-order valence-corrected chi connectivity index (χ4v) is 1.01. The summed E-state index contributed by atoms with van der Waals surface area (Å²) in [4.78, 5) is 0. The quantitative estimate of drug-likeness (QED) is 0.607. The van der Waals surface area contributed by atoms with Gasteiger partial charge in [0.15, 0.2) is 0 Å². The molecule has 0 aliphatic heterocycles. The summed E-state index contributed by atoms with van der Waals surface area (Å²) in [5.41, 5.74) is 6.95. The van der Waals surface area contributed by atoms with Crippen molar-refractivity contribution in [3.05, 3.63) is 36.0 Å². The summed E-state index contributed by atoms with van der Waals surface area (Å²) >= 11 is 0. The Morgan fingerprint density at radius 2 is 2.18 bits per heavy atom. The van der Waals surface area contributed by atoms with Crippen molar-refractivity contribution >= 4 is 0 Å². The second-order valence-electron chi connectivity index (χ2n) is 3.15. The number of hydrogen-bond acceptors (Lipinski definition) is 1. The molecule has 1 aliphatic carbocycles. The minimum absolute atomic E-state index is 0.270. The van der Waals surface area contributed by atoms with E-state index in [1.165, 1.54) is 5.57 Å². The monoisotopic (exact) mass is 149 g/mol.